The first-order valence-corrected chi connectivity index (χ1v) is 17.3. The Balaban J connectivity index is 1.16. The second kappa shape index (κ2) is 9.93. The maximum atomic E-state index is 6.73. The van der Waals surface area contributed by atoms with Gasteiger partial charge in [-0.25, -0.2) is 0 Å². The van der Waals surface area contributed by atoms with Gasteiger partial charge in [0.15, 0.2) is 0 Å². The summed E-state index contributed by atoms with van der Waals surface area (Å²) in [4.78, 5) is 2.43. The maximum Gasteiger partial charge on any atom is 0.260 e. The van der Waals surface area contributed by atoms with Crippen molar-refractivity contribution in [2.24, 2.45) is 0 Å². The fourth-order valence-corrected chi connectivity index (χ4v) is 8.80. The van der Waals surface area contributed by atoms with E-state index in [0.717, 1.165) is 56.3 Å². The van der Waals surface area contributed by atoms with E-state index in [1.807, 2.05) is 18.2 Å². The molecule has 8 aromatic rings. The molecule has 7 aromatic carbocycles. The van der Waals surface area contributed by atoms with Gasteiger partial charge in [-0.05, 0) is 82.7 Å². The number of rotatable bonds is 2. The van der Waals surface area contributed by atoms with Gasteiger partial charge in [0, 0.05) is 39.1 Å². The summed E-state index contributed by atoms with van der Waals surface area (Å²) in [5.74, 6) is 3.49. The first kappa shape index (κ1) is 27.7. The van der Waals surface area contributed by atoms with Crippen LogP contribution in [0.1, 0.15) is 25.0 Å². The molecular formula is C45H31BN2O2. The van der Waals surface area contributed by atoms with E-state index in [4.69, 9.17) is 9.47 Å². The van der Waals surface area contributed by atoms with E-state index in [2.05, 4.69) is 157 Å². The first-order chi connectivity index (χ1) is 24.6. The minimum absolute atomic E-state index is 0.0378. The molecule has 0 atom stereocenters. The Kier molecular flexibility index (Phi) is 5.50. The second-order valence-corrected chi connectivity index (χ2v) is 14.1. The van der Waals surface area contributed by atoms with Crippen molar-refractivity contribution < 1.29 is 9.47 Å². The Hall–Kier alpha value is -6.20. The average molecular weight is 643 g/mol. The summed E-state index contributed by atoms with van der Waals surface area (Å²) in [5, 5.41) is 2.48. The van der Waals surface area contributed by atoms with E-state index >= 15 is 0 Å². The van der Waals surface area contributed by atoms with Crippen molar-refractivity contribution in [1.82, 2.24) is 4.57 Å². The minimum atomic E-state index is -0.194. The fraction of sp³-hybridized carbons (Fsp3) is 0.0667. The molecule has 0 aliphatic carbocycles. The second-order valence-electron chi connectivity index (χ2n) is 14.1. The Labute approximate surface area is 290 Å². The van der Waals surface area contributed by atoms with Gasteiger partial charge in [0.25, 0.3) is 6.71 Å². The van der Waals surface area contributed by atoms with Crippen molar-refractivity contribution in [3.63, 3.8) is 0 Å². The predicted octanol–water partition coefficient (Wildman–Crippen LogP) is 9.62. The quantitative estimate of drug-likeness (QED) is 0.176. The summed E-state index contributed by atoms with van der Waals surface area (Å²) in [5.41, 5.74) is 12.8. The summed E-state index contributed by atoms with van der Waals surface area (Å²) in [6.07, 6.45) is 0. The van der Waals surface area contributed by atoms with Gasteiger partial charge in [-0.1, -0.05) is 98.8 Å². The van der Waals surface area contributed by atoms with Gasteiger partial charge < -0.3 is 18.9 Å². The third-order valence-corrected chi connectivity index (χ3v) is 11.1. The molecule has 3 aliphatic heterocycles. The molecule has 5 heteroatoms. The van der Waals surface area contributed by atoms with E-state index in [-0.39, 0.29) is 12.1 Å². The highest BCUT2D eigenvalue weighted by Crippen LogP contribution is 2.53. The number of benzene rings is 7. The molecule has 11 rings (SSSR count). The number of fused-ring (bicyclic) bond motifs is 9. The maximum absolute atomic E-state index is 6.73. The Morgan fingerprint density at radius 3 is 2.06 bits per heavy atom. The van der Waals surface area contributed by atoms with Gasteiger partial charge in [0.05, 0.1) is 22.4 Å². The molecule has 4 heterocycles. The zero-order valence-electron chi connectivity index (χ0n) is 27.7. The van der Waals surface area contributed by atoms with Gasteiger partial charge >= 0.3 is 0 Å². The largest absolute Gasteiger partial charge is 0.458 e. The molecule has 236 valence electrons. The fourth-order valence-electron chi connectivity index (χ4n) is 8.80. The SMILES string of the molecule is CC1(C)c2ccccc2N(c2ccccc2)c2cc3c(cc21)c1ccccc1n3-c1ccc2c(c1)Oc1cccc3c1B2c1ccccc1O3. The molecular weight excluding hydrogens is 611 g/mol. The van der Waals surface area contributed by atoms with Gasteiger partial charge in [0.2, 0.25) is 0 Å². The molecule has 4 nitrogen and oxygen atoms in total. The molecule has 0 spiro atoms. The van der Waals surface area contributed by atoms with Crippen LogP contribution in [-0.2, 0) is 5.41 Å². The van der Waals surface area contributed by atoms with E-state index in [0.29, 0.717) is 0 Å². The zero-order chi connectivity index (χ0) is 33.1. The Bertz CT molecular complexity index is 2710. The summed E-state index contributed by atoms with van der Waals surface area (Å²) in [7, 11) is 0. The van der Waals surface area contributed by atoms with Gasteiger partial charge in [-0.3, -0.25) is 0 Å². The highest BCUT2D eigenvalue weighted by atomic mass is 16.5. The average Bonchev–Trinajstić information content (AvgIpc) is 3.48. The third kappa shape index (κ3) is 3.67. The van der Waals surface area contributed by atoms with E-state index in [9.17, 15) is 0 Å². The molecule has 0 saturated carbocycles. The number of ether oxygens (including phenoxy) is 2. The smallest absolute Gasteiger partial charge is 0.260 e. The Morgan fingerprint density at radius 1 is 0.480 bits per heavy atom. The lowest BCUT2D eigenvalue weighted by molar-refractivity contribution is 0.464. The van der Waals surface area contributed by atoms with Crippen LogP contribution in [0.5, 0.6) is 23.0 Å². The summed E-state index contributed by atoms with van der Waals surface area (Å²) < 4.78 is 15.5. The van der Waals surface area contributed by atoms with Crippen molar-refractivity contribution in [3.05, 3.63) is 163 Å². The van der Waals surface area contributed by atoms with Gasteiger partial charge in [-0.15, -0.1) is 0 Å². The van der Waals surface area contributed by atoms with Crippen LogP contribution >= 0.6 is 0 Å². The topological polar surface area (TPSA) is 26.6 Å². The molecule has 0 bridgehead atoms. The molecule has 0 fully saturated rings. The van der Waals surface area contributed by atoms with Crippen LogP contribution in [0.3, 0.4) is 0 Å². The minimum Gasteiger partial charge on any atom is -0.458 e. The number of nitrogens with zero attached hydrogens (tertiary/aromatic N) is 2. The standard InChI is InChI=1S/C45H31BN2O2/c1-45(2)32-16-7-10-19-37(32)47(28-13-4-3-5-14-28)39-27-38-31(26-33(39)45)30-15-6-9-18-36(30)48(38)29-23-24-35-43(25-29)50-42-22-12-21-41-44(42)46(35)34-17-8-11-20-40(34)49-41/h3-27H,1-2H3. The molecule has 0 saturated heterocycles. The Morgan fingerprint density at radius 2 is 1.18 bits per heavy atom. The third-order valence-electron chi connectivity index (χ3n) is 11.1. The number of anilines is 3. The number of hydrogen-bond acceptors (Lipinski definition) is 3. The van der Waals surface area contributed by atoms with Crippen LogP contribution in [-0.4, -0.2) is 11.3 Å². The number of aromatic nitrogens is 1. The van der Waals surface area contributed by atoms with Crippen LogP contribution in [0.15, 0.2) is 152 Å². The van der Waals surface area contributed by atoms with Gasteiger partial charge in [-0.2, -0.15) is 0 Å². The van der Waals surface area contributed by atoms with Crippen LogP contribution in [0.25, 0.3) is 27.5 Å². The number of hydrogen-bond donors (Lipinski definition) is 0. The van der Waals surface area contributed by atoms with Crippen LogP contribution in [0.4, 0.5) is 17.1 Å². The molecule has 0 N–H and O–H groups in total. The van der Waals surface area contributed by atoms with Crippen LogP contribution in [0, 0.1) is 0 Å². The lowest BCUT2D eigenvalue weighted by Gasteiger charge is -2.42. The highest BCUT2D eigenvalue weighted by molar-refractivity contribution is 6.98. The monoisotopic (exact) mass is 642 g/mol. The van der Waals surface area contributed by atoms with Crippen molar-refractivity contribution in [2.45, 2.75) is 19.3 Å². The lowest BCUT2D eigenvalue weighted by Crippen LogP contribution is -2.57. The van der Waals surface area contributed by atoms with E-state index in [1.54, 1.807) is 0 Å². The van der Waals surface area contributed by atoms with Crippen molar-refractivity contribution >= 4 is 62.0 Å². The first-order valence-electron chi connectivity index (χ1n) is 17.3. The van der Waals surface area contributed by atoms with Crippen molar-refractivity contribution in [2.75, 3.05) is 4.90 Å². The predicted molar refractivity (Wildman–Crippen MR) is 205 cm³/mol. The summed E-state index contributed by atoms with van der Waals surface area (Å²) >= 11 is 0. The van der Waals surface area contributed by atoms with E-state index in [1.165, 1.54) is 38.8 Å². The molecule has 0 amide bonds. The normalized spacial score (nSPS) is 14.6. The summed E-state index contributed by atoms with van der Waals surface area (Å²) in [6, 6.07) is 54.5. The number of para-hydroxylation sites is 4. The zero-order valence-corrected chi connectivity index (χ0v) is 27.7. The molecule has 50 heavy (non-hydrogen) atoms. The lowest BCUT2D eigenvalue weighted by atomic mass is 9.35. The van der Waals surface area contributed by atoms with Crippen molar-refractivity contribution in [1.29, 1.82) is 0 Å². The van der Waals surface area contributed by atoms with E-state index < -0.39 is 0 Å². The molecule has 3 aliphatic rings. The molecule has 0 unspecified atom stereocenters. The van der Waals surface area contributed by atoms with Gasteiger partial charge in [0.1, 0.15) is 23.0 Å². The highest BCUT2D eigenvalue weighted by Gasteiger charge is 2.41. The summed E-state index contributed by atoms with van der Waals surface area (Å²) in [6.45, 7) is 4.75. The molecule has 0 radical (unpaired) electrons. The van der Waals surface area contributed by atoms with Crippen LogP contribution in [0.2, 0.25) is 0 Å². The van der Waals surface area contributed by atoms with Crippen LogP contribution < -0.4 is 30.8 Å². The van der Waals surface area contributed by atoms with Crippen molar-refractivity contribution in [3.8, 4) is 28.7 Å². The molecule has 1 aromatic heterocycles.